The zero-order valence-electron chi connectivity index (χ0n) is 10.8. The lowest BCUT2D eigenvalue weighted by atomic mass is 9.99. The summed E-state index contributed by atoms with van der Waals surface area (Å²) in [6, 6.07) is 4.42. The number of carboxylic acids is 2. The van der Waals surface area contributed by atoms with Crippen LogP contribution in [-0.2, 0) is 11.2 Å². The SMILES string of the molecule is CC(C)=COCCc1cccc(C(=O)O)c1C(=O)O. The van der Waals surface area contributed by atoms with Crippen LogP contribution in [-0.4, -0.2) is 28.8 Å². The molecule has 0 aliphatic rings. The molecule has 19 heavy (non-hydrogen) atoms. The van der Waals surface area contributed by atoms with Crippen molar-refractivity contribution in [1.82, 2.24) is 0 Å². The third kappa shape index (κ3) is 4.13. The molecular weight excluding hydrogens is 248 g/mol. The summed E-state index contributed by atoms with van der Waals surface area (Å²) >= 11 is 0. The van der Waals surface area contributed by atoms with Crippen molar-refractivity contribution in [2.24, 2.45) is 0 Å². The number of hydrogen-bond donors (Lipinski definition) is 2. The Morgan fingerprint density at radius 2 is 1.89 bits per heavy atom. The largest absolute Gasteiger partial charge is 0.501 e. The molecule has 0 aromatic heterocycles. The minimum Gasteiger partial charge on any atom is -0.501 e. The lowest BCUT2D eigenvalue weighted by molar-refractivity contribution is 0.0650. The third-order valence-corrected chi connectivity index (χ3v) is 2.40. The fraction of sp³-hybridized carbons (Fsp3) is 0.286. The highest BCUT2D eigenvalue weighted by atomic mass is 16.5. The Morgan fingerprint density at radius 3 is 2.42 bits per heavy atom. The van der Waals surface area contributed by atoms with Crippen molar-refractivity contribution in [3.05, 3.63) is 46.7 Å². The standard InChI is InChI=1S/C14H16O5/c1-9(2)8-19-7-6-10-4-3-5-11(13(15)16)12(10)14(17)18/h3-5,8H,6-7H2,1-2H3,(H,15,16)(H,17,18). The molecule has 5 heteroatoms. The Balaban J connectivity index is 2.94. The second kappa shape index (κ2) is 6.58. The Bertz CT molecular complexity index is 513. The van der Waals surface area contributed by atoms with Gasteiger partial charge in [0.1, 0.15) is 0 Å². The van der Waals surface area contributed by atoms with E-state index >= 15 is 0 Å². The third-order valence-electron chi connectivity index (χ3n) is 2.40. The summed E-state index contributed by atoms with van der Waals surface area (Å²) in [7, 11) is 0. The van der Waals surface area contributed by atoms with E-state index < -0.39 is 11.9 Å². The van der Waals surface area contributed by atoms with E-state index in [-0.39, 0.29) is 11.1 Å². The molecule has 1 rings (SSSR count). The lowest BCUT2D eigenvalue weighted by Gasteiger charge is -2.09. The molecule has 5 nitrogen and oxygen atoms in total. The number of allylic oxidation sites excluding steroid dienone is 1. The van der Waals surface area contributed by atoms with Crippen molar-refractivity contribution in [3.63, 3.8) is 0 Å². The van der Waals surface area contributed by atoms with Crippen molar-refractivity contribution in [3.8, 4) is 0 Å². The summed E-state index contributed by atoms with van der Waals surface area (Å²) < 4.78 is 5.23. The molecule has 0 unspecified atom stereocenters. The molecular formula is C14H16O5. The van der Waals surface area contributed by atoms with Crippen molar-refractivity contribution in [2.75, 3.05) is 6.61 Å². The van der Waals surface area contributed by atoms with Crippen LogP contribution in [0.1, 0.15) is 40.1 Å². The van der Waals surface area contributed by atoms with Crippen molar-refractivity contribution in [2.45, 2.75) is 20.3 Å². The van der Waals surface area contributed by atoms with E-state index in [1.807, 2.05) is 13.8 Å². The van der Waals surface area contributed by atoms with E-state index in [1.54, 1.807) is 12.3 Å². The van der Waals surface area contributed by atoms with Crippen molar-refractivity contribution >= 4 is 11.9 Å². The molecule has 102 valence electrons. The predicted molar refractivity (Wildman–Crippen MR) is 69.4 cm³/mol. The van der Waals surface area contributed by atoms with Crippen molar-refractivity contribution < 1.29 is 24.5 Å². The van der Waals surface area contributed by atoms with Gasteiger partial charge in [-0.3, -0.25) is 0 Å². The van der Waals surface area contributed by atoms with Crippen LogP contribution < -0.4 is 0 Å². The topological polar surface area (TPSA) is 83.8 Å². The number of ether oxygens (including phenoxy) is 1. The van der Waals surface area contributed by atoms with Gasteiger partial charge >= 0.3 is 11.9 Å². The summed E-state index contributed by atoms with van der Waals surface area (Å²) in [5, 5.41) is 18.1. The van der Waals surface area contributed by atoms with E-state index in [4.69, 9.17) is 14.9 Å². The van der Waals surface area contributed by atoms with Crippen LogP contribution >= 0.6 is 0 Å². The molecule has 0 heterocycles. The number of carbonyl (C=O) groups is 2. The first-order valence-corrected chi connectivity index (χ1v) is 5.77. The summed E-state index contributed by atoms with van der Waals surface area (Å²) in [5.74, 6) is -2.49. The number of hydrogen-bond acceptors (Lipinski definition) is 3. The first kappa shape index (κ1) is 14.8. The van der Waals surface area contributed by atoms with Crippen LogP contribution in [0.2, 0.25) is 0 Å². The Labute approximate surface area is 111 Å². The molecule has 0 bridgehead atoms. The lowest BCUT2D eigenvalue weighted by Crippen LogP contribution is -2.12. The van der Waals surface area contributed by atoms with Crippen LogP contribution in [0, 0.1) is 0 Å². The number of carboxylic acid groups (broad SMARTS) is 2. The van der Waals surface area contributed by atoms with E-state index in [1.165, 1.54) is 12.1 Å². The van der Waals surface area contributed by atoms with E-state index in [0.29, 0.717) is 18.6 Å². The van der Waals surface area contributed by atoms with Gasteiger partial charge < -0.3 is 14.9 Å². The van der Waals surface area contributed by atoms with E-state index in [0.717, 1.165) is 5.57 Å². The maximum atomic E-state index is 11.2. The Morgan fingerprint density at radius 1 is 1.21 bits per heavy atom. The van der Waals surface area contributed by atoms with E-state index in [9.17, 15) is 9.59 Å². The molecule has 0 amide bonds. The fourth-order valence-electron chi connectivity index (χ4n) is 1.63. The highest BCUT2D eigenvalue weighted by molar-refractivity contribution is 6.02. The molecule has 0 radical (unpaired) electrons. The van der Waals surface area contributed by atoms with Gasteiger partial charge in [0, 0.05) is 6.42 Å². The second-order valence-corrected chi connectivity index (χ2v) is 4.27. The smallest absolute Gasteiger partial charge is 0.336 e. The van der Waals surface area contributed by atoms with E-state index in [2.05, 4.69) is 0 Å². The minimum atomic E-state index is -1.25. The molecule has 0 spiro atoms. The summed E-state index contributed by atoms with van der Waals surface area (Å²) in [4.78, 5) is 22.2. The molecule has 2 N–H and O–H groups in total. The Kier molecular flexibility index (Phi) is 5.11. The van der Waals surface area contributed by atoms with Gasteiger partial charge in [0.25, 0.3) is 0 Å². The highest BCUT2D eigenvalue weighted by Crippen LogP contribution is 2.16. The average molecular weight is 264 g/mol. The zero-order valence-corrected chi connectivity index (χ0v) is 10.8. The van der Waals surface area contributed by atoms with Crippen LogP contribution in [0.15, 0.2) is 30.0 Å². The summed E-state index contributed by atoms with van der Waals surface area (Å²) in [6.45, 7) is 4.07. The van der Waals surface area contributed by atoms with Gasteiger partial charge in [-0.1, -0.05) is 12.1 Å². The molecule has 0 aliphatic heterocycles. The summed E-state index contributed by atoms with van der Waals surface area (Å²) in [5.41, 5.74) is 1.08. The Hall–Kier alpha value is -2.30. The van der Waals surface area contributed by atoms with Gasteiger partial charge in [-0.15, -0.1) is 0 Å². The highest BCUT2D eigenvalue weighted by Gasteiger charge is 2.19. The summed E-state index contributed by atoms with van der Waals surface area (Å²) in [6.07, 6.45) is 1.92. The molecule has 0 saturated heterocycles. The predicted octanol–water partition coefficient (Wildman–Crippen LogP) is 2.57. The van der Waals surface area contributed by atoms with Crippen LogP contribution in [0.5, 0.6) is 0 Å². The average Bonchev–Trinajstić information content (AvgIpc) is 2.33. The first-order valence-electron chi connectivity index (χ1n) is 5.77. The first-order chi connectivity index (χ1) is 8.93. The number of rotatable bonds is 6. The molecule has 1 aromatic rings. The van der Waals surface area contributed by atoms with Gasteiger partial charge in [-0.05, 0) is 31.1 Å². The molecule has 0 fully saturated rings. The van der Waals surface area contributed by atoms with Gasteiger partial charge in [0.05, 0.1) is 24.0 Å². The van der Waals surface area contributed by atoms with Crippen molar-refractivity contribution in [1.29, 1.82) is 0 Å². The molecule has 0 saturated carbocycles. The van der Waals surface area contributed by atoms with Gasteiger partial charge in [-0.2, -0.15) is 0 Å². The minimum absolute atomic E-state index is 0.171. The number of benzene rings is 1. The zero-order chi connectivity index (χ0) is 14.4. The maximum absolute atomic E-state index is 11.2. The quantitative estimate of drug-likeness (QED) is 0.609. The molecule has 1 aromatic carbocycles. The van der Waals surface area contributed by atoms with Crippen LogP contribution in [0.3, 0.4) is 0 Å². The fourth-order valence-corrected chi connectivity index (χ4v) is 1.63. The van der Waals surface area contributed by atoms with Crippen LogP contribution in [0.25, 0.3) is 0 Å². The maximum Gasteiger partial charge on any atom is 0.336 e. The van der Waals surface area contributed by atoms with Gasteiger partial charge in [0.15, 0.2) is 0 Å². The van der Waals surface area contributed by atoms with Gasteiger partial charge in [0.2, 0.25) is 0 Å². The monoisotopic (exact) mass is 264 g/mol. The second-order valence-electron chi connectivity index (χ2n) is 4.27. The molecule has 0 atom stereocenters. The normalized spacial score (nSPS) is 9.79. The number of aromatic carboxylic acids is 2. The van der Waals surface area contributed by atoms with Gasteiger partial charge in [-0.25, -0.2) is 9.59 Å². The van der Waals surface area contributed by atoms with Crippen LogP contribution in [0.4, 0.5) is 0 Å². The molecule has 0 aliphatic carbocycles.